The van der Waals surface area contributed by atoms with Gasteiger partial charge in [-0.1, -0.05) is 6.07 Å². The Hall–Kier alpha value is -1.11. The predicted molar refractivity (Wildman–Crippen MR) is 64.6 cm³/mol. The summed E-state index contributed by atoms with van der Waals surface area (Å²) >= 11 is 0. The number of hydrogen-bond donors (Lipinski definition) is 2. The van der Waals surface area contributed by atoms with E-state index in [1.165, 1.54) is 6.07 Å². The minimum atomic E-state index is -1.47. The maximum absolute atomic E-state index is 13.7. The van der Waals surface area contributed by atoms with Gasteiger partial charge in [0.2, 0.25) is 0 Å². The molecule has 2 atom stereocenters. The van der Waals surface area contributed by atoms with Crippen LogP contribution in [0.5, 0.6) is 0 Å². The second-order valence-electron chi connectivity index (χ2n) is 4.71. The van der Waals surface area contributed by atoms with Gasteiger partial charge in [-0.2, -0.15) is 0 Å². The molecule has 1 aromatic carbocycles. The van der Waals surface area contributed by atoms with Crippen LogP contribution in [0, 0.1) is 17.5 Å². The van der Waals surface area contributed by atoms with Crippen LogP contribution in [-0.4, -0.2) is 12.7 Å². The number of benzene rings is 1. The quantitative estimate of drug-likeness (QED) is 0.504. The molecule has 3 nitrogen and oxygen atoms in total. The fraction of sp³-hybridized carbons (Fsp3) is 0.538. The first-order valence-electron chi connectivity index (χ1n) is 6.34. The van der Waals surface area contributed by atoms with Crippen LogP contribution < -0.4 is 11.3 Å². The zero-order valence-corrected chi connectivity index (χ0v) is 10.5. The Morgan fingerprint density at radius 1 is 1.26 bits per heavy atom. The fourth-order valence-electron chi connectivity index (χ4n) is 2.35. The van der Waals surface area contributed by atoms with Gasteiger partial charge in [0.15, 0.2) is 17.5 Å². The van der Waals surface area contributed by atoms with Gasteiger partial charge in [0.1, 0.15) is 0 Å². The van der Waals surface area contributed by atoms with Gasteiger partial charge >= 0.3 is 0 Å². The van der Waals surface area contributed by atoms with Crippen LogP contribution in [0.3, 0.4) is 0 Å². The summed E-state index contributed by atoms with van der Waals surface area (Å²) in [4.78, 5) is 0. The van der Waals surface area contributed by atoms with Gasteiger partial charge in [0.05, 0.1) is 12.1 Å². The molecule has 1 heterocycles. The number of ether oxygens (including phenoxy) is 1. The van der Waals surface area contributed by atoms with E-state index in [1.54, 1.807) is 0 Å². The Kier molecular flexibility index (Phi) is 4.79. The molecule has 1 aliphatic heterocycles. The molecule has 6 heteroatoms. The van der Waals surface area contributed by atoms with Crippen LogP contribution in [0.1, 0.15) is 37.3 Å². The molecule has 19 heavy (non-hydrogen) atoms. The van der Waals surface area contributed by atoms with E-state index in [4.69, 9.17) is 10.6 Å². The van der Waals surface area contributed by atoms with Crippen molar-refractivity contribution in [3.63, 3.8) is 0 Å². The molecule has 0 saturated carbocycles. The molecule has 2 unspecified atom stereocenters. The van der Waals surface area contributed by atoms with Crippen molar-refractivity contribution in [2.45, 2.75) is 37.8 Å². The SMILES string of the molecule is NNC(CC1CCCCO1)c1ccc(F)c(F)c1F. The third-order valence-corrected chi connectivity index (χ3v) is 3.41. The largest absolute Gasteiger partial charge is 0.378 e. The van der Waals surface area contributed by atoms with E-state index in [2.05, 4.69) is 5.43 Å². The highest BCUT2D eigenvalue weighted by Crippen LogP contribution is 2.27. The Morgan fingerprint density at radius 2 is 2.05 bits per heavy atom. The van der Waals surface area contributed by atoms with Crippen molar-refractivity contribution in [2.75, 3.05) is 6.61 Å². The molecule has 0 radical (unpaired) electrons. The standard InChI is InChI=1S/C13H17F3N2O/c14-10-5-4-9(12(15)13(10)16)11(18-17)7-8-3-1-2-6-19-8/h4-5,8,11,18H,1-3,6-7,17H2. The van der Waals surface area contributed by atoms with Crippen molar-refractivity contribution in [2.24, 2.45) is 5.84 Å². The van der Waals surface area contributed by atoms with Crippen molar-refractivity contribution in [1.82, 2.24) is 5.43 Å². The van der Waals surface area contributed by atoms with Gasteiger partial charge in [-0.15, -0.1) is 0 Å². The lowest BCUT2D eigenvalue weighted by Crippen LogP contribution is -2.33. The lowest BCUT2D eigenvalue weighted by Gasteiger charge is -2.27. The zero-order valence-electron chi connectivity index (χ0n) is 10.5. The third-order valence-electron chi connectivity index (χ3n) is 3.41. The lowest BCUT2D eigenvalue weighted by molar-refractivity contribution is 0.00478. The molecule has 0 spiro atoms. The third kappa shape index (κ3) is 3.26. The van der Waals surface area contributed by atoms with Crippen molar-refractivity contribution >= 4 is 0 Å². The molecule has 1 saturated heterocycles. The predicted octanol–water partition coefficient (Wildman–Crippen LogP) is 2.57. The number of rotatable bonds is 4. The summed E-state index contributed by atoms with van der Waals surface area (Å²) in [7, 11) is 0. The van der Waals surface area contributed by atoms with E-state index in [0.717, 1.165) is 25.3 Å². The van der Waals surface area contributed by atoms with Gasteiger partial charge in [-0.3, -0.25) is 11.3 Å². The molecular formula is C13H17F3N2O. The first-order chi connectivity index (χ1) is 9.13. The molecule has 1 fully saturated rings. The molecule has 0 amide bonds. The van der Waals surface area contributed by atoms with Gasteiger partial charge in [0.25, 0.3) is 0 Å². The first kappa shape index (κ1) is 14.3. The number of hydrogen-bond acceptors (Lipinski definition) is 3. The molecule has 1 aromatic rings. The topological polar surface area (TPSA) is 47.3 Å². The lowest BCUT2D eigenvalue weighted by atomic mass is 9.96. The molecule has 0 bridgehead atoms. The summed E-state index contributed by atoms with van der Waals surface area (Å²) < 4.78 is 45.4. The highest BCUT2D eigenvalue weighted by Gasteiger charge is 2.24. The molecule has 0 aromatic heterocycles. The molecule has 0 aliphatic carbocycles. The van der Waals surface area contributed by atoms with Gasteiger partial charge in [-0.05, 0) is 31.7 Å². The van der Waals surface area contributed by atoms with Crippen molar-refractivity contribution in [3.8, 4) is 0 Å². The van der Waals surface area contributed by atoms with Crippen LogP contribution in [0.15, 0.2) is 12.1 Å². The second kappa shape index (κ2) is 6.36. The highest BCUT2D eigenvalue weighted by molar-refractivity contribution is 5.23. The van der Waals surface area contributed by atoms with Gasteiger partial charge < -0.3 is 4.74 Å². The molecule has 2 rings (SSSR count). The average Bonchev–Trinajstić information content (AvgIpc) is 2.44. The van der Waals surface area contributed by atoms with Crippen LogP contribution in [-0.2, 0) is 4.74 Å². The minimum Gasteiger partial charge on any atom is -0.378 e. The Balaban J connectivity index is 2.14. The number of halogens is 3. The number of hydrazine groups is 1. The molecule has 3 N–H and O–H groups in total. The van der Waals surface area contributed by atoms with E-state index in [1.807, 2.05) is 0 Å². The summed E-state index contributed by atoms with van der Waals surface area (Å²) in [5.74, 6) is 1.52. The highest BCUT2D eigenvalue weighted by atomic mass is 19.2. The van der Waals surface area contributed by atoms with E-state index in [9.17, 15) is 13.2 Å². The summed E-state index contributed by atoms with van der Waals surface area (Å²) in [6.07, 6.45) is 3.31. The monoisotopic (exact) mass is 274 g/mol. The van der Waals surface area contributed by atoms with Crippen LogP contribution in [0.25, 0.3) is 0 Å². The van der Waals surface area contributed by atoms with Crippen molar-refractivity contribution in [1.29, 1.82) is 0 Å². The normalized spacial score (nSPS) is 21.4. The van der Waals surface area contributed by atoms with Gasteiger partial charge in [0, 0.05) is 12.2 Å². The van der Waals surface area contributed by atoms with Crippen LogP contribution in [0.2, 0.25) is 0 Å². The van der Waals surface area contributed by atoms with Crippen LogP contribution in [0.4, 0.5) is 13.2 Å². The molecule has 1 aliphatic rings. The first-order valence-corrected chi connectivity index (χ1v) is 6.34. The summed E-state index contributed by atoms with van der Waals surface area (Å²) in [5, 5.41) is 0. The van der Waals surface area contributed by atoms with E-state index < -0.39 is 23.5 Å². The average molecular weight is 274 g/mol. The minimum absolute atomic E-state index is 0.0237. The Morgan fingerprint density at radius 3 is 2.68 bits per heavy atom. The number of nitrogens with one attached hydrogen (secondary N) is 1. The van der Waals surface area contributed by atoms with Crippen molar-refractivity contribution in [3.05, 3.63) is 35.1 Å². The van der Waals surface area contributed by atoms with E-state index in [-0.39, 0.29) is 11.7 Å². The van der Waals surface area contributed by atoms with Gasteiger partial charge in [-0.25, -0.2) is 13.2 Å². The molecule has 106 valence electrons. The second-order valence-corrected chi connectivity index (χ2v) is 4.71. The maximum Gasteiger partial charge on any atom is 0.194 e. The van der Waals surface area contributed by atoms with E-state index >= 15 is 0 Å². The zero-order chi connectivity index (χ0) is 13.8. The smallest absolute Gasteiger partial charge is 0.194 e. The Labute approximate surface area is 109 Å². The van der Waals surface area contributed by atoms with Crippen molar-refractivity contribution < 1.29 is 17.9 Å². The maximum atomic E-state index is 13.7. The Bertz CT molecular complexity index is 436. The molecular weight excluding hydrogens is 257 g/mol. The van der Waals surface area contributed by atoms with Crippen LogP contribution >= 0.6 is 0 Å². The summed E-state index contributed by atoms with van der Waals surface area (Å²) in [6, 6.07) is 1.51. The van der Waals surface area contributed by atoms with E-state index in [0.29, 0.717) is 13.0 Å². The fourth-order valence-corrected chi connectivity index (χ4v) is 2.35. The summed E-state index contributed by atoms with van der Waals surface area (Å²) in [6.45, 7) is 0.669. The summed E-state index contributed by atoms with van der Waals surface area (Å²) in [5.41, 5.74) is 2.47. The number of nitrogens with two attached hydrogens (primary N) is 1.